The smallest absolute Gasteiger partial charge is 0.241 e. The van der Waals surface area contributed by atoms with Crippen molar-refractivity contribution in [3.05, 3.63) is 29.8 Å². The van der Waals surface area contributed by atoms with Crippen molar-refractivity contribution >= 4 is 17.7 Å². The Hall–Kier alpha value is -1.97. The Kier molecular flexibility index (Phi) is 3.12. The second-order valence-electron chi connectivity index (χ2n) is 2.73. The zero-order valence-electron chi connectivity index (χ0n) is 7.86. The Morgan fingerprint density at radius 1 is 1.50 bits per heavy atom. The van der Waals surface area contributed by atoms with Crippen LogP contribution < -0.4 is 16.2 Å². The lowest BCUT2D eigenvalue weighted by molar-refractivity contribution is -0.113. The maximum absolute atomic E-state index is 10.5. The van der Waals surface area contributed by atoms with E-state index in [0.29, 0.717) is 11.4 Å². The van der Waals surface area contributed by atoms with Crippen LogP contribution in [0.4, 0.5) is 5.69 Å². The van der Waals surface area contributed by atoms with Gasteiger partial charge in [-0.25, -0.2) is 0 Å². The van der Waals surface area contributed by atoms with Gasteiger partial charge in [0.25, 0.3) is 0 Å². The second kappa shape index (κ2) is 4.32. The van der Waals surface area contributed by atoms with Gasteiger partial charge in [-0.1, -0.05) is 0 Å². The van der Waals surface area contributed by atoms with Gasteiger partial charge in [0.2, 0.25) is 5.91 Å². The summed E-state index contributed by atoms with van der Waals surface area (Å²) in [6.07, 6.45) is 2.83. The summed E-state index contributed by atoms with van der Waals surface area (Å²) in [6.45, 7) is 0. The van der Waals surface area contributed by atoms with Crippen LogP contribution in [-0.2, 0) is 4.79 Å². The fraction of sp³-hybridized carbons (Fsp3) is 0.100. The molecule has 0 aliphatic heterocycles. The minimum absolute atomic E-state index is 0.500. The first-order valence-electron chi connectivity index (χ1n) is 4.04. The van der Waals surface area contributed by atoms with E-state index in [9.17, 15) is 4.79 Å². The van der Waals surface area contributed by atoms with Crippen molar-refractivity contribution in [3.63, 3.8) is 0 Å². The molecule has 1 amide bonds. The Bertz CT molecular complexity index is 372. The Balaban J connectivity index is 2.94. The van der Waals surface area contributed by atoms with Crippen molar-refractivity contribution in [2.24, 2.45) is 5.73 Å². The Morgan fingerprint density at radius 3 is 2.71 bits per heavy atom. The number of carbonyl (C=O) groups excluding carboxylic acids is 1. The summed E-state index contributed by atoms with van der Waals surface area (Å²) >= 11 is 0. The lowest BCUT2D eigenvalue weighted by Crippen LogP contribution is -2.05. The van der Waals surface area contributed by atoms with Crippen LogP contribution in [0.3, 0.4) is 0 Å². The van der Waals surface area contributed by atoms with E-state index in [1.807, 2.05) is 0 Å². The summed E-state index contributed by atoms with van der Waals surface area (Å²) in [4.78, 5) is 10.5. The van der Waals surface area contributed by atoms with Crippen LogP contribution in [-0.4, -0.2) is 13.0 Å². The molecule has 74 valence electrons. The third kappa shape index (κ3) is 2.52. The number of nitrogen functional groups attached to an aromatic ring is 1. The SMILES string of the molecule is COc1ccc(C=CC(N)=O)c(N)c1. The summed E-state index contributed by atoms with van der Waals surface area (Å²) in [7, 11) is 1.56. The van der Waals surface area contributed by atoms with Crippen molar-refractivity contribution in [1.82, 2.24) is 0 Å². The van der Waals surface area contributed by atoms with Gasteiger partial charge in [0.05, 0.1) is 7.11 Å². The second-order valence-corrected chi connectivity index (χ2v) is 2.73. The number of benzene rings is 1. The first-order valence-corrected chi connectivity index (χ1v) is 4.04. The van der Waals surface area contributed by atoms with E-state index in [-0.39, 0.29) is 0 Å². The van der Waals surface area contributed by atoms with Gasteiger partial charge in [-0.2, -0.15) is 0 Å². The summed E-state index contributed by atoms with van der Waals surface area (Å²) in [5, 5.41) is 0. The van der Waals surface area contributed by atoms with Gasteiger partial charge >= 0.3 is 0 Å². The average Bonchev–Trinajstić information content (AvgIpc) is 2.15. The van der Waals surface area contributed by atoms with Gasteiger partial charge < -0.3 is 16.2 Å². The molecule has 0 aliphatic rings. The quantitative estimate of drug-likeness (QED) is 0.548. The maximum Gasteiger partial charge on any atom is 0.241 e. The molecule has 0 spiro atoms. The number of anilines is 1. The Labute approximate surface area is 82.2 Å². The standard InChI is InChI=1S/C10H12N2O2/c1-14-8-4-2-7(9(11)6-8)3-5-10(12)13/h2-6H,11H2,1H3,(H2,12,13). The predicted molar refractivity (Wildman–Crippen MR) is 55.6 cm³/mol. The molecular weight excluding hydrogens is 180 g/mol. The summed E-state index contributed by atoms with van der Waals surface area (Å²) in [5.41, 5.74) is 11.9. The van der Waals surface area contributed by atoms with Gasteiger partial charge in [0, 0.05) is 17.8 Å². The molecule has 0 aliphatic carbocycles. The highest BCUT2D eigenvalue weighted by Gasteiger charge is 1.97. The minimum Gasteiger partial charge on any atom is -0.497 e. The van der Waals surface area contributed by atoms with E-state index < -0.39 is 5.91 Å². The molecule has 0 fully saturated rings. The molecule has 0 heterocycles. The van der Waals surface area contributed by atoms with Crippen molar-refractivity contribution in [2.75, 3.05) is 12.8 Å². The molecule has 4 N–H and O–H groups in total. The van der Waals surface area contributed by atoms with Crippen LogP contribution >= 0.6 is 0 Å². The van der Waals surface area contributed by atoms with Crippen LogP contribution in [0.5, 0.6) is 5.75 Å². The molecule has 4 nitrogen and oxygen atoms in total. The number of ether oxygens (including phenoxy) is 1. The van der Waals surface area contributed by atoms with Crippen molar-refractivity contribution in [2.45, 2.75) is 0 Å². The number of primary amides is 1. The van der Waals surface area contributed by atoms with Crippen LogP contribution in [0.2, 0.25) is 0 Å². The molecule has 0 aromatic heterocycles. The van der Waals surface area contributed by atoms with E-state index in [1.54, 1.807) is 31.4 Å². The molecule has 0 unspecified atom stereocenters. The highest BCUT2D eigenvalue weighted by atomic mass is 16.5. The first kappa shape index (κ1) is 10.1. The Morgan fingerprint density at radius 2 is 2.21 bits per heavy atom. The molecule has 0 bridgehead atoms. The number of amides is 1. The van der Waals surface area contributed by atoms with Crippen LogP contribution in [0.15, 0.2) is 24.3 Å². The monoisotopic (exact) mass is 192 g/mol. The molecule has 1 rings (SSSR count). The first-order chi connectivity index (χ1) is 6.63. The number of hydrogen-bond acceptors (Lipinski definition) is 3. The van der Waals surface area contributed by atoms with Gasteiger partial charge in [-0.3, -0.25) is 4.79 Å². The minimum atomic E-state index is -0.500. The molecule has 14 heavy (non-hydrogen) atoms. The highest BCUT2D eigenvalue weighted by molar-refractivity contribution is 5.91. The molecule has 0 saturated heterocycles. The molecule has 0 saturated carbocycles. The third-order valence-electron chi connectivity index (χ3n) is 1.72. The number of methoxy groups -OCH3 is 1. The summed E-state index contributed by atoms with van der Waals surface area (Å²) in [5.74, 6) is 0.180. The molecule has 1 aromatic carbocycles. The largest absolute Gasteiger partial charge is 0.497 e. The lowest BCUT2D eigenvalue weighted by Gasteiger charge is -2.03. The third-order valence-corrected chi connectivity index (χ3v) is 1.72. The number of carbonyl (C=O) groups is 1. The van der Waals surface area contributed by atoms with Crippen LogP contribution in [0.25, 0.3) is 6.08 Å². The molecule has 0 atom stereocenters. The van der Waals surface area contributed by atoms with Crippen LogP contribution in [0.1, 0.15) is 5.56 Å². The maximum atomic E-state index is 10.5. The number of hydrogen-bond donors (Lipinski definition) is 2. The number of nitrogens with two attached hydrogens (primary N) is 2. The van der Waals surface area contributed by atoms with Crippen molar-refractivity contribution < 1.29 is 9.53 Å². The van der Waals surface area contributed by atoms with E-state index in [1.165, 1.54) is 6.08 Å². The summed E-state index contributed by atoms with van der Waals surface area (Å²) < 4.78 is 4.98. The molecule has 1 aromatic rings. The topological polar surface area (TPSA) is 78.3 Å². The fourth-order valence-electron chi connectivity index (χ4n) is 1.00. The van der Waals surface area contributed by atoms with Gasteiger partial charge in [0.1, 0.15) is 5.75 Å². The summed E-state index contributed by atoms with van der Waals surface area (Å²) in [6, 6.07) is 5.20. The lowest BCUT2D eigenvalue weighted by atomic mass is 10.1. The van der Waals surface area contributed by atoms with Crippen molar-refractivity contribution in [1.29, 1.82) is 0 Å². The normalized spacial score (nSPS) is 10.4. The van der Waals surface area contributed by atoms with Crippen LogP contribution in [0, 0.1) is 0 Å². The van der Waals surface area contributed by atoms with E-state index in [2.05, 4.69) is 0 Å². The number of rotatable bonds is 3. The fourth-order valence-corrected chi connectivity index (χ4v) is 1.00. The zero-order valence-corrected chi connectivity index (χ0v) is 7.86. The average molecular weight is 192 g/mol. The van der Waals surface area contributed by atoms with E-state index >= 15 is 0 Å². The van der Waals surface area contributed by atoms with E-state index in [4.69, 9.17) is 16.2 Å². The predicted octanol–water partition coefficient (Wildman–Crippen LogP) is 0.776. The van der Waals surface area contributed by atoms with Gasteiger partial charge in [-0.05, 0) is 23.8 Å². The van der Waals surface area contributed by atoms with E-state index in [0.717, 1.165) is 5.56 Å². The molecule has 4 heteroatoms. The molecule has 0 radical (unpaired) electrons. The molecular formula is C10H12N2O2. The van der Waals surface area contributed by atoms with Gasteiger partial charge in [-0.15, -0.1) is 0 Å². The highest BCUT2D eigenvalue weighted by Crippen LogP contribution is 2.20. The van der Waals surface area contributed by atoms with Crippen molar-refractivity contribution in [3.8, 4) is 5.75 Å². The zero-order chi connectivity index (χ0) is 10.6. The van der Waals surface area contributed by atoms with Gasteiger partial charge in [0.15, 0.2) is 0 Å².